The Labute approximate surface area is 404 Å². The fourth-order valence-corrected chi connectivity index (χ4v) is 8.46. The van der Waals surface area contributed by atoms with Crippen molar-refractivity contribution in [3.63, 3.8) is 0 Å². The van der Waals surface area contributed by atoms with Crippen molar-refractivity contribution >= 4 is 0 Å². The minimum Gasteiger partial charge on any atom is -0.305 e. The number of pyridine rings is 3. The van der Waals surface area contributed by atoms with Gasteiger partial charge in [-0.15, -0.1) is 77.4 Å². The van der Waals surface area contributed by atoms with Gasteiger partial charge in [-0.05, 0) is 92.6 Å². The average Bonchev–Trinajstić information content (AvgIpc) is 3.39. The number of hydrogen-bond acceptors (Lipinski definition) is 3. The largest absolute Gasteiger partial charge is 3.00 e. The number of benzene rings is 7. The molecule has 0 aliphatic carbocycles. The Hall–Kier alpha value is -7.50. The maximum absolute atomic E-state index is 15.6. The van der Waals surface area contributed by atoms with Gasteiger partial charge in [0.05, 0.1) is 0 Å². The molecule has 67 heavy (non-hydrogen) atoms. The summed E-state index contributed by atoms with van der Waals surface area (Å²) in [4.78, 5) is 13.5. The van der Waals surface area contributed by atoms with Gasteiger partial charge in [0.1, 0.15) is 0 Å². The molecule has 0 saturated heterocycles. The zero-order valence-electron chi connectivity index (χ0n) is 36.4. The van der Waals surface area contributed by atoms with Crippen LogP contribution in [0, 0.1) is 29.8 Å². The molecule has 0 fully saturated rings. The van der Waals surface area contributed by atoms with Gasteiger partial charge < -0.3 is 15.0 Å². The van der Waals surface area contributed by atoms with Gasteiger partial charge in [0.2, 0.25) is 0 Å². The minimum atomic E-state index is -0.281. The first-order valence-corrected chi connectivity index (χ1v) is 22.1. The topological polar surface area (TPSA) is 38.7 Å². The van der Waals surface area contributed by atoms with Crippen LogP contribution in [0.3, 0.4) is 0 Å². The van der Waals surface area contributed by atoms with Gasteiger partial charge in [0.15, 0.2) is 0 Å². The van der Waals surface area contributed by atoms with Crippen LogP contribution >= 0.6 is 0 Å². The maximum atomic E-state index is 15.6. The van der Waals surface area contributed by atoms with E-state index in [-0.39, 0.29) is 31.7 Å². The van der Waals surface area contributed by atoms with Gasteiger partial charge >= 0.3 is 20.1 Å². The van der Waals surface area contributed by atoms with Gasteiger partial charge in [-0.1, -0.05) is 162 Å². The second-order valence-electron chi connectivity index (χ2n) is 16.3. The summed E-state index contributed by atoms with van der Waals surface area (Å²) in [5.41, 5.74) is 16.4. The SMILES string of the molecule is Fc1cc(-c2ccccn2)[c-]cc1CCc1cc(CCc2c[c-]c(-c3ccccn3)cc2F)cc(-c2ccccc2-c2c[c-]c(-c3cc(-c4ccc(-c5ccccc5)cc4)ccn3)cc2)c1.[Ir+3]. The third-order valence-electron chi connectivity index (χ3n) is 12.0. The van der Waals surface area contributed by atoms with Crippen LogP contribution in [0.1, 0.15) is 22.3 Å². The Morgan fingerprint density at radius 1 is 0.343 bits per heavy atom. The third kappa shape index (κ3) is 10.5. The molecule has 0 aliphatic rings. The molecule has 3 aromatic heterocycles. The zero-order chi connectivity index (χ0) is 44.7. The Morgan fingerprint density at radius 2 is 0.836 bits per heavy atom. The second kappa shape index (κ2) is 20.8. The smallest absolute Gasteiger partial charge is 0.305 e. The minimum absolute atomic E-state index is 0. The molecule has 0 amide bonds. The van der Waals surface area contributed by atoms with Crippen LogP contribution in [-0.4, -0.2) is 15.0 Å². The summed E-state index contributed by atoms with van der Waals surface area (Å²) >= 11 is 0. The van der Waals surface area contributed by atoms with E-state index in [1.54, 1.807) is 24.5 Å². The van der Waals surface area contributed by atoms with Crippen LogP contribution in [0.15, 0.2) is 207 Å². The van der Waals surface area contributed by atoms with Crippen molar-refractivity contribution in [1.29, 1.82) is 0 Å². The van der Waals surface area contributed by atoms with E-state index in [1.165, 1.54) is 23.3 Å². The maximum Gasteiger partial charge on any atom is 3.00 e. The number of nitrogens with zero attached hydrogens (tertiary/aromatic N) is 3. The van der Waals surface area contributed by atoms with E-state index in [0.717, 1.165) is 55.8 Å². The summed E-state index contributed by atoms with van der Waals surface area (Å²) in [6.07, 6.45) is 7.41. The van der Waals surface area contributed by atoms with E-state index in [1.807, 2.05) is 72.9 Å². The Balaban J connectivity index is 0.00000562. The summed E-state index contributed by atoms with van der Waals surface area (Å²) in [6.45, 7) is 0. The molecule has 0 bridgehead atoms. The Kier molecular flexibility index (Phi) is 13.9. The predicted molar refractivity (Wildman–Crippen MR) is 262 cm³/mol. The van der Waals surface area contributed by atoms with Crippen LogP contribution in [-0.2, 0) is 45.8 Å². The standard InChI is InChI=1S/C61H42F2N3.Ir/c62-57-39-52(59-14-6-8-33-64-59)30-26-48(57)18-16-42-36-43(17-19-49-27-31-53(40-58(49)63)60-15-7-9-34-65-60)38-54(37-42)56-13-5-4-12-55(56)47-24-28-50(29-25-47)61-41-51(32-35-66-61)46-22-20-45(21-23-46)44-10-2-1-3-11-44;/h1-15,20-28,32-41H,16-19H2;/q-3;+3. The van der Waals surface area contributed by atoms with Crippen molar-refractivity contribution in [2.45, 2.75) is 25.7 Å². The molecule has 3 heterocycles. The van der Waals surface area contributed by atoms with Crippen molar-refractivity contribution in [2.24, 2.45) is 0 Å². The van der Waals surface area contributed by atoms with Gasteiger partial charge in [0.25, 0.3) is 0 Å². The zero-order valence-corrected chi connectivity index (χ0v) is 38.8. The summed E-state index contributed by atoms with van der Waals surface area (Å²) in [6, 6.07) is 72.0. The third-order valence-corrected chi connectivity index (χ3v) is 12.0. The number of hydrogen-bond donors (Lipinski definition) is 0. The average molecular weight is 1050 g/mol. The predicted octanol–water partition coefficient (Wildman–Crippen LogP) is 14.8. The molecular weight excluding hydrogens is 1000 g/mol. The van der Waals surface area contributed by atoms with E-state index < -0.39 is 0 Å². The molecule has 0 spiro atoms. The molecule has 10 rings (SSSR count). The quantitative estimate of drug-likeness (QED) is 0.108. The van der Waals surface area contributed by atoms with Gasteiger partial charge in [-0.2, -0.15) is 0 Å². The molecule has 0 radical (unpaired) electrons. The molecule has 10 aromatic rings. The van der Waals surface area contributed by atoms with Crippen LogP contribution in [0.2, 0.25) is 0 Å². The molecule has 0 unspecified atom stereocenters. The Bertz CT molecular complexity index is 3140. The molecule has 6 heteroatoms. The molecule has 7 aromatic carbocycles. The van der Waals surface area contributed by atoms with Gasteiger partial charge in [-0.3, -0.25) is 0 Å². The van der Waals surface area contributed by atoms with E-state index in [2.05, 4.69) is 125 Å². The number of rotatable bonds is 13. The monoisotopic (exact) mass is 1050 g/mol. The van der Waals surface area contributed by atoms with E-state index in [4.69, 9.17) is 4.98 Å². The summed E-state index contributed by atoms with van der Waals surface area (Å²) in [5.74, 6) is -0.563. The first-order valence-electron chi connectivity index (χ1n) is 22.1. The van der Waals surface area contributed by atoms with Gasteiger partial charge in [-0.25, -0.2) is 8.78 Å². The molecule has 0 saturated carbocycles. The van der Waals surface area contributed by atoms with Crippen molar-refractivity contribution in [1.82, 2.24) is 15.0 Å². The molecular formula is C61H42F2IrN3. The van der Waals surface area contributed by atoms with E-state index >= 15 is 8.78 Å². The molecule has 3 nitrogen and oxygen atoms in total. The van der Waals surface area contributed by atoms with Crippen LogP contribution in [0.4, 0.5) is 8.78 Å². The fraction of sp³-hybridized carbons (Fsp3) is 0.0656. The van der Waals surface area contributed by atoms with Crippen LogP contribution in [0.25, 0.3) is 78.3 Å². The fourth-order valence-electron chi connectivity index (χ4n) is 8.46. The van der Waals surface area contributed by atoms with Gasteiger partial charge in [0, 0.05) is 30.2 Å². The normalized spacial score (nSPS) is 11.0. The van der Waals surface area contributed by atoms with E-state index in [9.17, 15) is 0 Å². The van der Waals surface area contributed by atoms with Crippen LogP contribution in [0.5, 0.6) is 0 Å². The summed E-state index contributed by atoms with van der Waals surface area (Å²) < 4.78 is 31.2. The second-order valence-corrected chi connectivity index (χ2v) is 16.3. The molecule has 0 atom stereocenters. The summed E-state index contributed by atoms with van der Waals surface area (Å²) in [7, 11) is 0. The van der Waals surface area contributed by atoms with Crippen molar-refractivity contribution < 1.29 is 28.9 Å². The van der Waals surface area contributed by atoms with Crippen molar-refractivity contribution in [3.8, 4) is 78.3 Å². The summed E-state index contributed by atoms with van der Waals surface area (Å²) in [5, 5.41) is 0. The van der Waals surface area contributed by atoms with Crippen LogP contribution < -0.4 is 0 Å². The number of aryl methyl sites for hydroxylation is 4. The number of aromatic nitrogens is 3. The van der Waals surface area contributed by atoms with Crippen molar-refractivity contribution in [2.75, 3.05) is 0 Å². The first-order chi connectivity index (χ1) is 32.5. The van der Waals surface area contributed by atoms with Crippen molar-refractivity contribution in [3.05, 3.63) is 259 Å². The first kappa shape index (κ1) is 44.7. The molecule has 0 aliphatic heterocycles. The molecule has 0 N–H and O–H groups in total. The number of halogens is 2. The Morgan fingerprint density at radius 3 is 1.37 bits per heavy atom. The molecule has 324 valence electrons. The van der Waals surface area contributed by atoms with E-state index in [0.29, 0.717) is 59.3 Å².